The lowest BCUT2D eigenvalue weighted by Crippen LogP contribution is -2.11. The van der Waals surface area contributed by atoms with Gasteiger partial charge in [-0.2, -0.15) is 13.9 Å². The molecule has 1 saturated carbocycles. The van der Waals surface area contributed by atoms with Crippen LogP contribution in [0.2, 0.25) is 0 Å². The highest BCUT2D eigenvalue weighted by Gasteiger charge is 2.31. The van der Waals surface area contributed by atoms with E-state index in [1.54, 1.807) is 18.2 Å². The van der Waals surface area contributed by atoms with Crippen molar-refractivity contribution in [3.8, 4) is 11.4 Å². The Balaban J connectivity index is 1.94. The van der Waals surface area contributed by atoms with Crippen LogP contribution in [-0.2, 0) is 5.92 Å². The zero-order chi connectivity index (χ0) is 16.9. The fourth-order valence-electron chi connectivity index (χ4n) is 2.76. The first-order valence-electron chi connectivity index (χ1n) is 7.58. The zero-order valence-corrected chi connectivity index (χ0v) is 12.9. The van der Waals surface area contributed by atoms with Crippen molar-refractivity contribution in [2.45, 2.75) is 31.7 Å². The van der Waals surface area contributed by atoms with E-state index in [9.17, 15) is 8.78 Å². The third-order valence-electron chi connectivity index (χ3n) is 4.08. The molecule has 1 aromatic carbocycles. The molecule has 0 spiro atoms. The minimum absolute atomic E-state index is 0.282. The molecule has 2 aromatic heterocycles. The number of benzene rings is 1. The monoisotopic (exact) mass is 325 g/mol. The van der Waals surface area contributed by atoms with E-state index in [0.29, 0.717) is 17.1 Å². The second-order valence-corrected chi connectivity index (χ2v) is 6.04. The molecule has 0 aliphatic heterocycles. The molecule has 1 fully saturated rings. The Labute approximate surface area is 136 Å². The Morgan fingerprint density at radius 2 is 2.08 bits per heavy atom. The second kappa shape index (κ2) is 5.06. The van der Waals surface area contributed by atoms with E-state index in [4.69, 9.17) is 6.57 Å². The summed E-state index contributed by atoms with van der Waals surface area (Å²) >= 11 is 0. The van der Waals surface area contributed by atoms with Gasteiger partial charge in [0.2, 0.25) is 0 Å². The zero-order valence-electron chi connectivity index (χ0n) is 12.9. The third-order valence-corrected chi connectivity index (χ3v) is 4.08. The van der Waals surface area contributed by atoms with E-state index in [-0.39, 0.29) is 11.7 Å². The van der Waals surface area contributed by atoms with Gasteiger partial charge in [0.1, 0.15) is 11.5 Å². The quantitative estimate of drug-likeness (QED) is 0.667. The summed E-state index contributed by atoms with van der Waals surface area (Å²) in [5.41, 5.74) is 2.25. The van der Waals surface area contributed by atoms with Crippen LogP contribution in [0.15, 0.2) is 30.5 Å². The lowest BCUT2D eigenvalue weighted by Gasteiger charge is -2.11. The molecule has 24 heavy (non-hydrogen) atoms. The normalized spacial score (nSPS) is 14.8. The van der Waals surface area contributed by atoms with E-state index in [0.717, 1.165) is 30.8 Å². The van der Waals surface area contributed by atoms with Crippen LogP contribution >= 0.6 is 0 Å². The van der Waals surface area contributed by atoms with Gasteiger partial charge in [0, 0.05) is 18.5 Å². The molecular weight excluding hydrogens is 312 g/mol. The Morgan fingerprint density at radius 3 is 2.75 bits per heavy atom. The molecule has 0 unspecified atom stereocenters. The Bertz CT molecular complexity index is 977. The van der Waals surface area contributed by atoms with Crippen molar-refractivity contribution < 1.29 is 8.78 Å². The van der Waals surface area contributed by atoms with Crippen LogP contribution in [0, 0.1) is 6.57 Å². The van der Waals surface area contributed by atoms with Crippen molar-refractivity contribution in [1.29, 1.82) is 0 Å². The van der Waals surface area contributed by atoms with Crippen LogP contribution in [-0.4, -0.2) is 19.7 Å². The highest BCUT2D eigenvalue weighted by Crippen LogP contribution is 2.42. The Hall–Kier alpha value is -2.88. The summed E-state index contributed by atoms with van der Waals surface area (Å²) in [4.78, 5) is 8.05. The van der Waals surface area contributed by atoms with Gasteiger partial charge >= 0.3 is 0 Å². The van der Waals surface area contributed by atoms with Crippen LogP contribution in [0.3, 0.4) is 0 Å². The fourth-order valence-corrected chi connectivity index (χ4v) is 2.76. The van der Waals surface area contributed by atoms with Crippen LogP contribution in [0.25, 0.3) is 27.3 Å². The maximum atomic E-state index is 13.6. The first-order chi connectivity index (χ1) is 11.5. The van der Waals surface area contributed by atoms with Gasteiger partial charge in [0.25, 0.3) is 5.92 Å². The molecule has 3 aromatic rings. The van der Waals surface area contributed by atoms with Gasteiger partial charge in [-0.05, 0) is 31.0 Å². The number of aromatic nitrogens is 4. The van der Waals surface area contributed by atoms with Crippen LogP contribution in [0.1, 0.15) is 31.5 Å². The second-order valence-electron chi connectivity index (χ2n) is 6.04. The lowest BCUT2D eigenvalue weighted by atomic mass is 10.2. The predicted octanol–water partition coefficient (Wildman–Crippen LogP) is 4.49. The number of imidazole rings is 1. The highest BCUT2D eigenvalue weighted by molar-refractivity contribution is 5.84. The summed E-state index contributed by atoms with van der Waals surface area (Å²) in [6.07, 6.45) is 3.47. The molecule has 0 N–H and O–H groups in total. The molecule has 1 aliphatic rings. The topological polar surface area (TPSA) is 48.0 Å². The average molecular weight is 325 g/mol. The summed E-state index contributed by atoms with van der Waals surface area (Å²) in [6.45, 7) is 7.97. The molecule has 0 radical (unpaired) electrons. The average Bonchev–Trinajstić information content (AvgIpc) is 3.33. The number of alkyl halides is 2. The van der Waals surface area contributed by atoms with E-state index >= 15 is 0 Å². The number of hydrogen-bond acceptors (Lipinski definition) is 3. The molecule has 7 heteroatoms. The number of rotatable bonds is 3. The maximum absolute atomic E-state index is 13.6. The standard InChI is InChI=1S/C17H13F2N5/c1-17(18,19)15-7-10(9-21-23-15)16-22-13-6-3-11(20-2)8-14(13)24(16)12-4-5-12/h3,6-9,12H,4-5H2,1H3. The van der Waals surface area contributed by atoms with Crippen molar-refractivity contribution in [2.75, 3.05) is 0 Å². The van der Waals surface area contributed by atoms with Gasteiger partial charge in [-0.1, -0.05) is 6.07 Å². The molecule has 0 atom stereocenters. The Morgan fingerprint density at radius 1 is 1.29 bits per heavy atom. The van der Waals surface area contributed by atoms with Gasteiger partial charge in [-0.3, -0.25) is 0 Å². The molecule has 0 saturated heterocycles. The Kier molecular flexibility index (Phi) is 3.10. The van der Waals surface area contributed by atoms with Gasteiger partial charge < -0.3 is 4.57 Å². The molecule has 120 valence electrons. The summed E-state index contributed by atoms with van der Waals surface area (Å²) in [6, 6.07) is 6.91. The molecule has 0 amide bonds. The van der Waals surface area contributed by atoms with E-state index < -0.39 is 5.92 Å². The van der Waals surface area contributed by atoms with Crippen molar-refractivity contribution in [2.24, 2.45) is 0 Å². The molecular formula is C17H13F2N5. The molecule has 0 bridgehead atoms. The van der Waals surface area contributed by atoms with Gasteiger partial charge in [0.15, 0.2) is 5.69 Å². The highest BCUT2D eigenvalue weighted by atomic mass is 19.3. The number of nitrogens with zero attached hydrogens (tertiary/aromatic N) is 5. The number of halogens is 2. The van der Waals surface area contributed by atoms with Crippen molar-refractivity contribution in [3.05, 3.63) is 47.6 Å². The first-order valence-corrected chi connectivity index (χ1v) is 7.58. The van der Waals surface area contributed by atoms with E-state index in [1.807, 2.05) is 4.57 Å². The van der Waals surface area contributed by atoms with Crippen molar-refractivity contribution in [3.63, 3.8) is 0 Å². The molecule has 2 heterocycles. The molecule has 1 aliphatic carbocycles. The smallest absolute Gasteiger partial charge is 0.288 e. The van der Waals surface area contributed by atoms with Gasteiger partial charge in [-0.15, -0.1) is 5.10 Å². The number of hydrogen-bond donors (Lipinski definition) is 0. The minimum atomic E-state index is -3.06. The summed E-state index contributed by atoms with van der Waals surface area (Å²) < 4.78 is 29.2. The summed E-state index contributed by atoms with van der Waals surface area (Å²) in [7, 11) is 0. The lowest BCUT2D eigenvalue weighted by molar-refractivity contribution is 0.0119. The van der Waals surface area contributed by atoms with Crippen LogP contribution in [0.5, 0.6) is 0 Å². The summed E-state index contributed by atoms with van der Waals surface area (Å²) in [5.74, 6) is -2.47. The third kappa shape index (κ3) is 2.40. The van der Waals surface area contributed by atoms with Gasteiger partial charge in [-0.25, -0.2) is 9.83 Å². The maximum Gasteiger partial charge on any atom is 0.288 e. The number of fused-ring (bicyclic) bond motifs is 1. The van der Waals surface area contributed by atoms with Crippen LogP contribution in [0.4, 0.5) is 14.5 Å². The molecule has 4 rings (SSSR count). The largest absolute Gasteiger partial charge is 0.322 e. The fraction of sp³-hybridized carbons (Fsp3) is 0.294. The summed E-state index contributed by atoms with van der Waals surface area (Å²) in [5, 5.41) is 7.25. The van der Waals surface area contributed by atoms with Crippen LogP contribution < -0.4 is 0 Å². The van der Waals surface area contributed by atoms with Crippen molar-refractivity contribution >= 4 is 16.7 Å². The van der Waals surface area contributed by atoms with E-state index in [1.165, 1.54) is 12.3 Å². The SMILES string of the molecule is [C-]#[N+]c1ccc2nc(-c3cnnc(C(C)(F)F)c3)n(C3CC3)c2c1. The van der Waals surface area contributed by atoms with Gasteiger partial charge in [0.05, 0.1) is 23.8 Å². The minimum Gasteiger partial charge on any atom is -0.322 e. The van der Waals surface area contributed by atoms with Crippen molar-refractivity contribution in [1.82, 2.24) is 19.7 Å². The van der Waals surface area contributed by atoms with E-state index in [2.05, 4.69) is 20.0 Å². The molecule has 5 nitrogen and oxygen atoms in total. The predicted molar refractivity (Wildman–Crippen MR) is 84.9 cm³/mol. The first kappa shape index (κ1) is 14.7.